The van der Waals surface area contributed by atoms with Crippen LogP contribution < -0.4 is 10.1 Å². The number of ether oxygens (including phenoxy) is 2. The van der Waals surface area contributed by atoms with Gasteiger partial charge >= 0.3 is 5.97 Å². The predicted octanol–water partition coefficient (Wildman–Crippen LogP) is 5.91. The maximum atomic E-state index is 14.0. The first-order valence-electron chi connectivity index (χ1n) is 11.3. The second-order valence-corrected chi connectivity index (χ2v) is 9.42. The maximum Gasteiger partial charge on any atom is 0.336 e. The van der Waals surface area contributed by atoms with Crippen LogP contribution in [0.25, 0.3) is 0 Å². The van der Waals surface area contributed by atoms with E-state index in [4.69, 9.17) is 9.47 Å². The first-order valence-corrected chi connectivity index (χ1v) is 12.1. The molecule has 2 atom stereocenters. The Kier molecular flexibility index (Phi) is 7.22. The van der Waals surface area contributed by atoms with Crippen LogP contribution in [0.4, 0.5) is 4.39 Å². The van der Waals surface area contributed by atoms with E-state index >= 15 is 0 Å². The lowest BCUT2D eigenvalue weighted by atomic mass is 9.71. The number of nitrogens with one attached hydrogen (secondary N) is 1. The van der Waals surface area contributed by atoms with Crippen LogP contribution in [-0.2, 0) is 14.3 Å². The van der Waals surface area contributed by atoms with Gasteiger partial charge in [-0.1, -0.05) is 31.2 Å². The zero-order valence-electron chi connectivity index (χ0n) is 19.4. The molecule has 0 aromatic heterocycles. The fourth-order valence-corrected chi connectivity index (χ4v) is 5.23. The number of allylic oxidation sites excluding steroid dienone is 3. The van der Waals surface area contributed by atoms with Gasteiger partial charge in [0.05, 0.1) is 23.8 Å². The summed E-state index contributed by atoms with van der Waals surface area (Å²) >= 11 is 3.25. The summed E-state index contributed by atoms with van der Waals surface area (Å²) < 4.78 is 25.3. The van der Waals surface area contributed by atoms with Crippen molar-refractivity contribution in [1.29, 1.82) is 0 Å². The second kappa shape index (κ2) is 10.1. The number of para-hydroxylation sites is 1. The van der Waals surface area contributed by atoms with Crippen LogP contribution in [0.1, 0.15) is 56.1 Å². The highest BCUT2D eigenvalue weighted by molar-refractivity contribution is 9.10. The molecule has 0 saturated heterocycles. The minimum absolute atomic E-state index is 0.0524. The number of dihydropyridines is 1. The number of carbonyl (C=O) groups is 2. The minimum Gasteiger partial charge on any atom is -0.496 e. The molecule has 7 heteroatoms. The van der Waals surface area contributed by atoms with Crippen LogP contribution in [0.15, 0.2) is 69.5 Å². The molecular formula is C27H27BrFNO4. The lowest BCUT2D eigenvalue weighted by molar-refractivity contribution is -0.139. The van der Waals surface area contributed by atoms with Gasteiger partial charge in [0.1, 0.15) is 11.6 Å². The smallest absolute Gasteiger partial charge is 0.336 e. The molecule has 1 N–H and O–H groups in total. The van der Waals surface area contributed by atoms with Crippen LogP contribution >= 0.6 is 15.9 Å². The average molecular weight is 528 g/mol. The van der Waals surface area contributed by atoms with Gasteiger partial charge in [0, 0.05) is 35.2 Å². The van der Waals surface area contributed by atoms with Crippen molar-refractivity contribution in [2.24, 2.45) is 0 Å². The van der Waals surface area contributed by atoms with E-state index in [1.54, 1.807) is 19.2 Å². The molecule has 1 aliphatic carbocycles. The molecule has 0 fully saturated rings. The fraction of sp³-hybridized carbons (Fsp3) is 0.333. The summed E-state index contributed by atoms with van der Waals surface area (Å²) in [5.41, 5.74) is 3.98. The quantitative estimate of drug-likeness (QED) is 0.473. The Bertz CT molecular complexity index is 1200. The van der Waals surface area contributed by atoms with E-state index in [1.807, 2.05) is 38.1 Å². The monoisotopic (exact) mass is 527 g/mol. The van der Waals surface area contributed by atoms with Crippen LogP contribution in [0.3, 0.4) is 0 Å². The largest absolute Gasteiger partial charge is 0.496 e. The highest BCUT2D eigenvalue weighted by atomic mass is 79.9. The molecule has 1 heterocycles. The van der Waals surface area contributed by atoms with Crippen LogP contribution in [-0.4, -0.2) is 25.5 Å². The summed E-state index contributed by atoms with van der Waals surface area (Å²) in [6, 6.07) is 12.3. The van der Waals surface area contributed by atoms with Crippen molar-refractivity contribution in [3.63, 3.8) is 0 Å². The predicted molar refractivity (Wildman–Crippen MR) is 131 cm³/mol. The number of rotatable bonds is 6. The normalized spacial score (nSPS) is 20.1. The van der Waals surface area contributed by atoms with Crippen LogP contribution in [0.5, 0.6) is 5.75 Å². The SMILES string of the molecule is CCCOC(=O)C1=C(C)NC2=C(C(=O)CC(c3ccccc3OC)C2)C1c1ccc(F)c(Br)c1. The molecule has 0 amide bonds. The lowest BCUT2D eigenvalue weighted by Gasteiger charge is -2.37. The third kappa shape index (κ3) is 4.53. The van der Waals surface area contributed by atoms with E-state index in [9.17, 15) is 14.0 Å². The van der Waals surface area contributed by atoms with Gasteiger partial charge in [-0.2, -0.15) is 0 Å². The highest BCUT2D eigenvalue weighted by Gasteiger charge is 2.42. The molecule has 2 aliphatic rings. The number of benzene rings is 2. The summed E-state index contributed by atoms with van der Waals surface area (Å²) in [6.07, 6.45) is 1.57. The standard InChI is InChI=1S/C27H27BrFNO4/c1-4-11-34-27(32)24-15(2)30-21-13-17(18-7-5-6-8-23(18)33-3)14-22(31)26(21)25(24)16-9-10-20(29)19(28)12-16/h5-10,12,17,25,30H,4,11,13-14H2,1-3H3. The molecule has 178 valence electrons. The Hall–Kier alpha value is -2.93. The topological polar surface area (TPSA) is 64.6 Å². The molecule has 2 aromatic carbocycles. The Morgan fingerprint density at radius 1 is 1.21 bits per heavy atom. The summed E-state index contributed by atoms with van der Waals surface area (Å²) in [5.74, 6) is -0.878. The first kappa shape index (κ1) is 24.2. The molecule has 0 saturated carbocycles. The molecule has 2 aromatic rings. The Balaban J connectivity index is 1.81. The molecule has 5 nitrogen and oxygen atoms in total. The van der Waals surface area contributed by atoms with Gasteiger partial charge in [-0.15, -0.1) is 0 Å². The molecule has 34 heavy (non-hydrogen) atoms. The summed E-state index contributed by atoms with van der Waals surface area (Å²) in [4.78, 5) is 26.7. The fourth-order valence-electron chi connectivity index (χ4n) is 4.83. The van der Waals surface area contributed by atoms with Crippen molar-refractivity contribution in [2.45, 2.75) is 44.9 Å². The van der Waals surface area contributed by atoms with Crippen molar-refractivity contribution in [2.75, 3.05) is 13.7 Å². The molecule has 0 bridgehead atoms. The van der Waals surface area contributed by atoms with Gasteiger partial charge in [0.25, 0.3) is 0 Å². The number of hydrogen-bond acceptors (Lipinski definition) is 5. The van der Waals surface area contributed by atoms with Gasteiger partial charge in [-0.25, -0.2) is 9.18 Å². The van der Waals surface area contributed by atoms with Gasteiger partial charge < -0.3 is 14.8 Å². The summed E-state index contributed by atoms with van der Waals surface area (Å²) in [6.45, 7) is 4.02. The molecule has 1 aliphatic heterocycles. The number of ketones is 1. The van der Waals surface area contributed by atoms with Crippen molar-refractivity contribution >= 4 is 27.7 Å². The van der Waals surface area contributed by atoms with Gasteiger partial charge in [0.2, 0.25) is 0 Å². The van der Waals surface area contributed by atoms with Crippen LogP contribution in [0, 0.1) is 5.82 Å². The number of methoxy groups -OCH3 is 1. The van der Waals surface area contributed by atoms with E-state index in [0.717, 1.165) is 17.0 Å². The Morgan fingerprint density at radius 2 is 1.97 bits per heavy atom. The van der Waals surface area contributed by atoms with E-state index in [-0.39, 0.29) is 29.2 Å². The Morgan fingerprint density at radius 3 is 2.68 bits per heavy atom. The number of halogens is 2. The van der Waals surface area contributed by atoms with E-state index in [2.05, 4.69) is 21.2 Å². The van der Waals surface area contributed by atoms with E-state index < -0.39 is 17.7 Å². The van der Waals surface area contributed by atoms with Crippen molar-refractivity contribution in [3.05, 3.63) is 86.4 Å². The third-order valence-corrected chi connectivity index (χ3v) is 6.95. The Labute approximate surface area is 207 Å². The summed E-state index contributed by atoms with van der Waals surface area (Å²) in [5, 5.41) is 3.33. The zero-order chi connectivity index (χ0) is 24.4. The molecular weight excluding hydrogens is 501 g/mol. The number of carbonyl (C=O) groups excluding carboxylic acids is 2. The van der Waals surface area contributed by atoms with Gasteiger partial charge in [0.15, 0.2) is 5.78 Å². The summed E-state index contributed by atoms with van der Waals surface area (Å²) in [7, 11) is 1.62. The maximum absolute atomic E-state index is 14.0. The first-order chi connectivity index (χ1) is 16.3. The second-order valence-electron chi connectivity index (χ2n) is 8.57. The number of esters is 1. The van der Waals surface area contributed by atoms with Gasteiger partial charge in [-0.3, -0.25) is 4.79 Å². The van der Waals surface area contributed by atoms with E-state index in [0.29, 0.717) is 35.2 Å². The molecule has 4 rings (SSSR count). The minimum atomic E-state index is -0.636. The highest BCUT2D eigenvalue weighted by Crippen LogP contribution is 2.47. The zero-order valence-corrected chi connectivity index (χ0v) is 21.0. The van der Waals surface area contributed by atoms with Crippen LogP contribution in [0.2, 0.25) is 0 Å². The van der Waals surface area contributed by atoms with Crippen molar-refractivity contribution in [3.8, 4) is 5.75 Å². The number of hydrogen-bond donors (Lipinski definition) is 1. The lowest BCUT2D eigenvalue weighted by Crippen LogP contribution is -2.36. The van der Waals surface area contributed by atoms with Crippen molar-refractivity contribution in [1.82, 2.24) is 5.32 Å². The van der Waals surface area contributed by atoms with E-state index in [1.165, 1.54) is 6.07 Å². The molecule has 0 spiro atoms. The molecule has 0 radical (unpaired) electrons. The van der Waals surface area contributed by atoms with Crippen molar-refractivity contribution < 1.29 is 23.5 Å². The number of Topliss-reactive ketones (excluding diaryl/α,β-unsaturated/α-hetero) is 1. The molecule has 2 unspecified atom stereocenters. The third-order valence-electron chi connectivity index (χ3n) is 6.34. The van der Waals surface area contributed by atoms with Gasteiger partial charge in [-0.05, 0) is 65.0 Å². The average Bonchev–Trinajstić information content (AvgIpc) is 2.83.